The molecule has 0 rings (SSSR count). The first-order valence-corrected chi connectivity index (χ1v) is 1.15. The summed E-state index contributed by atoms with van der Waals surface area (Å²) in [7, 11) is 0. The standard InChI is InChI=1S/C4H6.Co/c1-3-4-2;/h3-4H,1-2H2;/q-2;+2/b4-3-;. The molecule has 0 saturated carbocycles. The van der Waals surface area contributed by atoms with E-state index >= 15 is 0 Å². The van der Waals surface area contributed by atoms with Crippen molar-refractivity contribution < 1.29 is 16.8 Å². The van der Waals surface area contributed by atoms with Crippen LogP contribution in [0.2, 0.25) is 0 Å². The van der Waals surface area contributed by atoms with Crippen molar-refractivity contribution in [1.29, 1.82) is 0 Å². The minimum atomic E-state index is 0. The summed E-state index contributed by atoms with van der Waals surface area (Å²) in [6.45, 7) is 6.72. The molecule has 0 fully saturated rings. The predicted molar refractivity (Wildman–Crippen MR) is 19.9 cm³/mol. The van der Waals surface area contributed by atoms with Crippen LogP contribution in [0, 0.1) is 13.8 Å². The van der Waals surface area contributed by atoms with Gasteiger partial charge in [0.2, 0.25) is 0 Å². The summed E-state index contributed by atoms with van der Waals surface area (Å²) in [5.41, 5.74) is 0. The normalized spacial score (nSPS) is 7.20. The second-order valence-electron chi connectivity index (χ2n) is 0.471. The molecule has 31 valence electrons. The zero-order chi connectivity index (χ0) is 3.41. The van der Waals surface area contributed by atoms with Crippen molar-refractivity contribution in [2.24, 2.45) is 0 Å². The zero-order valence-corrected chi connectivity index (χ0v) is 3.94. The monoisotopic (exact) mass is 113 g/mol. The molecule has 0 heterocycles. The Bertz CT molecular complexity index is 18.8. The number of hydrogen-bond acceptors (Lipinski definition) is 0. The van der Waals surface area contributed by atoms with Gasteiger partial charge in [0.05, 0.1) is 0 Å². The first-order valence-electron chi connectivity index (χ1n) is 1.15. The minimum absolute atomic E-state index is 0. The van der Waals surface area contributed by atoms with E-state index in [1.54, 1.807) is 12.2 Å². The van der Waals surface area contributed by atoms with Crippen LogP contribution in [-0.2, 0) is 16.8 Å². The molecule has 0 aromatic carbocycles. The Hall–Kier alpha value is -0.0135. The van der Waals surface area contributed by atoms with E-state index in [1.165, 1.54) is 0 Å². The molecule has 5 heavy (non-hydrogen) atoms. The molecule has 0 aliphatic carbocycles. The fraction of sp³-hybridized carbons (Fsp3) is 0. The van der Waals surface area contributed by atoms with Crippen LogP contribution in [-0.4, -0.2) is 0 Å². The molecule has 0 atom stereocenters. The molecule has 0 amide bonds. The second kappa shape index (κ2) is 9.01. The van der Waals surface area contributed by atoms with Gasteiger partial charge in [0, 0.05) is 0 Å². The van der Waals surface area contributed by atoms with E-state index in [9.17, 15) is 0 Å². The van der Waals surface area contributed by atoms with E-state index in [0.717, 1.165) is 0 Å². The molecule has 1 heteroatoms. The first kappa shape index (κ1) is 8.88. The number of allylic oxidation sites excluding steroid dienone is 2. The van der Waals surface area contributed by atoms with Crippen molar-refractivity contribution in [1.82, 2.24) is 0 Å². The van der Waals surface area contributed by atoms with Crippen LogP contribution >= 0.6 is 0 Å². The van der Waals surface area contributed by atoms with Crippen molar-refractivity contribution in [3.05, 3.63) is 26.0 Å². The average molecular weight is 113 g/mol. The smallest absolute Gasteiger partial charge is 0.382 e. The molecule has 1 radical (unpaired) electrons. The van der Waals surface area contributed by atoms with Gasteiger partial charge < -0.3 is 26.0 Å². The molecule has 0 N–H and O–H groups in total. The molecule has 0 saturated heterocycles. The van der Waals surface area contributed by atoms with Gasteiger partial charge in [0.15, 0.2) is 0 Å². The van der Waals surface area contributed by atoms with Gasteiger partial charge in [-0.2, -0.15) is 0 Å². The Kier molecular flexibility index (Phi) is 16.0. The van der Waals surface area contributed by atoms with Gasteiger partial charge in [0.1, 0.15) is 0 Å². The Morgan fingerprint density at radius 1 is 1.00 bits per heavy atom. The predicted octanol–water partition coefficient (Wildman–Crippen LogP) is 1.21. The van der Waals surface area contributed by atoms with Gasteiger partial charge in [-0.25, -0.2) is 0 Å². The van der Waals surface area contributed by atoms with Gasteiger partial charge >= 0.3 is 16.8 Å². The van der Waals surface area contributed by atoms with Crippen LogP contribution < -0.4 is 0 Å². The third-order valence-electron chi connectivity index (χ3n) is 0.167. The summed E-state index contributed by atoms with van der Waals surface area (Å²) >= 11 is 0. The third-order valence-corrected chi connectivity index (χ3v) is 0.167. The summed E-state index contributed by atoms with van der Waals surface area (Å²) < 4.78 is 0. The molecule has 0 aromatic heterocycles. The van der Waals surface area contributed by atoms with Crippen LogP contribution in [0.15, 0.2) is 12.2 Å². The molecule has 0 aliphatic rings. The Labute approximate surface area is 43.5 Å². The van der Waals surface area contributed by atoms with Crippen molar-refractivity contribution >= 4 is 0 Å². The van der Waals surface area contributed by atoms with Crippen LogP contribution in [0.1, 0.15) is 0 Å². The van der Waals surface area contributed by atoms with E-state index in [2.05, 4.69) is 13.8 Å². The third kappa shape index (κ3) is 16.2. The molecule has 0 aliphatic heterocycles. The van der Waals surface area contributed by atoms with Crippen LogP contribution in [0.5, 0.6) is 0 Å². The first-order chi connectivity index (χ1) is 1.91. The fourth-order valence-electron chi connectivity index (χ4n) is 0. The SMILES string of the molecule is [CH2-]/C=C\[CH2-].[Co+2]. The summed E-state index contributed by atoms with van der Waals surface area (Å²) in [4.78, 5) is 0. The summed E-state index contributed by atoms with van der Waals surface area (Å²) in [6, 6.07) is 0. The maximum Gasteiger partial charge on any atom is 2.00 e. The molecule has 0 aromatic rings. The second-order valence-corrected chi connectivity index (χ2v) is 0.471. The number of rotatable bonds is 0. The van der Waals surface area contributed by atoms with E-state index in [4.69, 9.17) is 0 Å². The summed E-state index contributed by atoms with van der Waals surface area (Å²) in [6.07, 6.45) is 3.28. The zero-order valence-electron chi connectivity index (χ0n) is 2.90. The van der Waals surface area contributed by atoms with E-state index < -0.39 is 0 Å². The fourth-order valence-corrected chi connectivity index (χ4v) is 0. The Morgan fingerprint density at radius 3 is 1.20 bits per heavy atom. The van der Waals surface area contributed by atoms with Crippen LogP contribution in [0.25, 0.3) is 0 Å². The average Bonchev–Trinajstić information content (AvgIpc) is 1.37. The van der Waals surface area contributed by atoms with E-state index in [1.807, 2.05) is 0 Å². The van der Waals surface area contributed by atoms with Crippen molar-refractivity contribution in [2.75, 3.05) is 0 Å². The number of hydrogen-bond donors (Lipinski definition) is 0. The maximum atomic E-state index is 3.36. The van der Waals surface area contributed by atoms with Crippen LogP contribution in [0.3, 0.4) is 0 Å². The van der Waals surface area contributed by atoms with Crippen LogP contribution in [0.4, 0.5) is 0 Å². The topological polar surface area (TPSA) is 0 Å². The minimum Gasteiger partial charge on any atom is -0.382 e. The quantitative estimate of drug-likeness (QED) is 0.414. The van der Waals surface area contributed by atoms with Gasteiger partial charge in [-0.05, 0) is 0 Å². The molecular formula is C4H6Co. The largest absolute Gasteiger partial charge is 2.00 e. The van der Waals surface area contributed by atoms with Gasteiger partial charge in [-0.15, -0.1) is 0 Å². The molecular weight excluding hydrogens is 107 g/mol. The van der Waals surface area contributed by atoms with Gasteiger partial charge in [-0.3, -0.25) is 0 Å². The van der Waals surface area contributed by atoms with Gasteiger partial charge in [0.25, 0.3) is 0 Å². The Balaban J connectivity index is 0. The molecule has 0 nitrogen and oxygen atoms in total. The molecule has 0 unspecified atom stereocenters. The Morgan fingerprint density at radius 2 is 1.20 bits per heavy atom. The summed E-state index contributed by atoms with van der Waals surface area (Å²) in [5.74, 6) is 0. The van der Waals surface area contributed by atoms with Crippen molar-refractivity contribution in [3.63, 3.8) is 0 Å². The van der Waals surface area contributed by atoms with E-state index in [-0.39, 0.29) is 16.8 Å². The van der Waals surface area contributed by atoms with E-state index in [0.29, 0.717) is 0 Å². The molecule has 0 spiro atoms. The maximum absolute atomic E-state index is 3.36. The van der Waals surface area contributed by atoms with Crippen molar-refractivity contribution in [2.45, 2.75) is 0 Å². The van der Waals surface area contributed by atoms with Gasteiger partial charge in [-0.1, -0.05) is 0 Å². The van der Waals surface area contributed by atoms with Crippen molar-refractivity contribution in [3.8, 4) is 0 Å². The summed E-state index contributed by atoms with van der Waals surface area (Å²) in [5, 5.41) is 0. The molecule has 0 bridgehead atoms.